The molecule has 1 saturated carbocycles. The van der Waals surface area contributed by atoms with Gasteiger partial charge in [-0.25, -0.2) is 4.39 Å². The molecule has 0 heterocycles. The SMILES string of the molecule is CCC(O)(c1ccc(Cl)cc1F)C1CC1. The molecule has 1 nitrogen and oxygen atoms in total. The molecule has 15 heavy (non-hydrogen) atoms. The van der Waals surface area contributed by atoms with Crippen LogP contribution in [-0.4, -0.2) is 5.11 Å². The van der Waals surface area contributed by atoms with E-state index < -0.39 is 11.4 Å². The van der Waals surface area contributed by atoms with E-state index in [9.17, 15) is 9.50 Å². The molecule has 82 valence electrons. The largest absolute Gasteiger partial charge is 0.385 e. The maximum atomic E-state index is 13.7. The fourth-order valence-corrected chi connectivity index (χ4v) is 2.26. The van der Waals surface area contributed by atoms with Gasteiger partial charge in [-0.3, -0.25) is 0 Å². The van der Waals surface area contributed by atoms with Crippen LogP contribution in [-0.2, 0) is 5.60 Å². The van der Waals surface area contributed by atoms with Crippen molar-refractivity contribution < 1.29 is 9.50 Å². The Morgan fingerprint density at radius 1 is 1.53 bits per heavy atom. The summed E-state index contributed by atoms with van der Waals surface area (Å²) in [6, 6.07) is 4.49. The second-order valence-electron chi connectivity index (χ2n) is 4.18. The average molecular weight is 229 g/mol. The highest BCUT2D eigenvalue weighted by molar-refractivity contribution is 6.30. The summed E-state index contributed by atoms with van der Waals surface area (Å²) in [5.74, 6) is -0.197. The van der Waals surface area contributed by atoms with Crippen LogP contribution in [0.15, 0.2) is 18.2 Å². The van der Waals surface area contributed by atoms with E-state index in [1.165, 1.54) is 6.07 Å². The first-order chi connectivity index (χ1) is 7.08. The molecular weight excluding hydrogens is 215 g/mol. The Bertz CT molecular complexity index is 376. The molecule has 2 rings (SSSR count). The maximum absolute atomic E-state index is 13.7. The smallest absolute Gasteiger partial charge is 0.130 e. The maximum Gasteiger partial charge on any atom is 0.130 e. The lowest BCUT2D eigenvalue weighted by molar-refractivity contribution is 0.00556. The Morgan fingerprint density at radius 2 is 2.20 bits per heavy atom. The standard InChI is InChI=1S/C12H14ClFO/c1-2-12(15,8-3-4-8)10-6-5-9(13)7-11(10)14/h5-8,15H,2-4H2,1H3. The molecule has 1 atom stereocenters. The van der Waals surface area contributed by atoms with Crippen molar-refractivity contribution in [1.29, 1.82) is 0 Å². The van der Waals surface area contributed by atoms with Gasteiger partial charge in [0.1, 0.15) is 5.82 Å². The molecule has 1 aliphatic rings. The minimum absolute atomic E-state index is 0.207. The molecule has 1 aromatic rings. The lowest BCUT2D eigenvalue weighted by Gasteiger charge is -2.27. The third kappa shape index (κ3) is 1.88. The van der Waals surface area contributed by atoms with Crippen molar-refractivity contribution in [3.63, 3.8) is 0 Å². The number of benzene rings is 1. The van der Waals surface area contributed by atoms with Crippen molar-refractivity contribution in [2.24, 2.45) is 5.92 Å². The van der Waals surface area contributed by atoms with Gasteiger partial charge in [0.05, 0.1) is 5.60 Å². The van der Waals surface area contributed by atoms with Crippen LogP contribution in [0.2, 0.25) is 5.02 Å². The predicted octanol–water partition coefficient (Wildman–Crippen LogP) is 3.49. The van der Waals surface area contributed by atoms with Crippen LogP contribution in [0.25, 0.3) is 0 Å². The summed E-state index contributed by atoms with van der Waals surface area (Å²) in [4.78, 5) is 0. The molecular formula is C12H14ClFO. The van der Waals surface area contributed by atoms with Crippen LogP contribution in [0.5, 0.6) is 0 Å². The topological polar surface area (TPSA) is 20.2 Å². The second-order valence-corrected chi connectivity index (χ2v) is 4.61. The third-order valence-corrected chi connectivity index (χ3v) is 3.42. The first-order valence-electron chi connectivity index (χ1n) is 5.26. The quantitative estimate of drug-likeness (QED) is 0.840. The minimum Gasteiger partial charge on any atom is -0.385 e. The zero-order chi connectivity index (χ0) is 11.1. The van der Waals surface area contributed by atoms with Gasteiger partial charge in [-0.2, -0.15) is 0 Å². The fourth-order valence-electron chi connectivity index (χ4n) is 2.10. The fraction of sp³-hybridized carbons (Fsp3) is 0.500. The van der Waals surface area contributed by atoms with E-state index in [1.807, 2.05) is 6.92 Å². The highest BCUT2D eigenvalue weighted by Gasteiger charge is 2.44. The molecule has 1 unspecified atom stereocenters. The van der Waals surface area contributed by atoms with Crippen molar-refractivity contribution in [2.45, 2.75) is 31.8 Å². The first kappa shape index (κ1) is 10.9. The Balaban J connectivity index is 2.42. The van der Waals surface area contributed by atoms with Gasteiger partial charge in [0, 0.05) is 10.6 Å². The van der Waals surface area contributed by atoms with Crippen molar-refractivity contribution >= 4 is 11.6 Å². The summed E-state index contributed by atoms with van der Waals surface area (Å²) in [5.41, 5.74) is -0.619. The van der Waals surface area contributed by atoms with Crippen molar-refractivity contribution in [2.75, 3.05) is 0 Å². The summed E-state index contributed by atoms with van der Waals surface area (Å²) >= 11 is 5.68. The van der Waals surface area contributed by atoms with E-state index in [1.54, 1.807) is 12.1 Å². The number of rotatable bonds is 3. The van der Waals surface area contributed by atoms with Gasteiger partial charge in [0.15, 0.2) is 0 Å². The van der Waals surface area contributed by atoms with Crippen LogP contribution in [0.1, 0.15) is 31.7 Å². The average Bonchev–Trinajstić information content (AvgIpc) is 3.00. The normalized spacial score (nSPS) is 20.0. The summed E-state index contributed by atoms with van der Waals surface area (Å²) in [5, 5.41) is 10.8. The molecule has 1 aromatic carbocycles. The van der Waals surface area contributed by atoms with Gasteiger partial charge >= 0.3 is 0 Å². The van der Waals surface area contributed by atoms with Gasteiger partial charge in [0.25, 0.3) is 0 Å². The molecule has 1 fully saturated rings. The Hall–Kier alpha value is -0.600. The Kier molecular flexibility index (Phi) is 2.73. The molecule has 0 bridgehead atoms. The number of aliphatic hydroxyl groups is 1. The molecule has 0 saturated heterocycles. The summed E-state index contributed by atoms with van der Waals surface area (Å²) in [7, 11) is 0. The molecule has 0 aromatic heterocycles. The van der Waals surface area contributed by atoms with E-state index in [4.69, 9.17) is 11.6 Å². The van der Waals surface area contributed by atoms with E-state index in [0.717, 1.165) is 12.8 Å². The van der Waals surface area contributed by atoms with E-state index in [0.29, 0.717) is 17.0 Å². The zero-order valence-electron chi connectivity index (χ0n) is 8.63. The van der Waals surface area contributed by atoms with E-state index in [2.05, 4.69) is 0 Å². The van der Waals surface area contributed by atoms with Crippen LogP contribution in [0, 0.1) is 11.7 Å². The highest BCUT2D eigenvalue weighted by atomic mass is 35.5. The van der Waals surface area contributed by atoms with Gasteiger partial charge in [0.2, 0.25) is 0 Å². The van der Waals surface area contributed by atoms with Gasteiger partial charge in [-0.15, -0.1) is 0 Å². The lowest BCUT2D eigenvalue weighted by Crippen LogP contribution is -2.28. The van der Waals surface area contributed by atoms with E-state index >= 15 is 0 Å². The minimum atomic E-state index is -1.01. The molecule has 0 spiro atoms. The molecule has 1 N–H and O–H groups in total. The highest BCUT2D eigenvalue weighted by Crippen LogP contribution is 2.48. The van der Waals surface area contributed by atoms with Gasteiger partial charge in [-0.05, 0) is 37.3 Å². The monoisotopic (exact) mass is 228 g/mol. The number of hydrogen-bond acceptors (Lipinski definition) is 1. The summed E-state index contributed by atoms with van der Waals surface area (Å²) < 4.78 is 13.7. The van der Waals surface area contributed by atoms with Crippen LogP contribution in [0.4, 0.5) is 4.39 Å². The Labute approximate surface area is 93.9 Å². The zero-order valence-corrected chi connectivity index (χ0v) is 9.39. The lowest BCUT2D eigenvalue weighted by atomic mass is 9.86. The molecule has 1 aliphatic carbocycles. The summed E-state index contributed by atoms with van der Waals surface area (Å²) in [6.07, 6.45) is 2.50. The molecule has 3 heteroatoms. The second kappa shape index (κ2) is 3.76. The molecule has 0 amide bonds. The molecule has 0 aliphatic heterocycles. The van der Waals surface area contributed by atoms with Crippen molar-refractivity contribution in [1.82, 2.24) is 0 Å². The van der Waals surface area contributed by atoms with Crippen LogP contribution >= 0.6 is 11.6 Å². The summed E-state index contributed by atoms with van der Waals surface area (Å²) in [6.45, 7) is 1.88. The van der Waals surface area contributed by atoms with Gasteiger partial charge in [-0.1, -0.05) is 24.6 Å². The van der Waals surface area contributed by atoms with Crippen LogP contribution in [0.3, 0.4) is 0 Å². The third-order valence-electron chi connectivity index (χ3n) is 3.19. The van der Waals surface area contributed by atoms with Crippen LogP contribution < -0.4 is 0 Å². The van der Waals surface area contributed by atoms with Crippen molar-refractivity contribution in [3.05, 3.63) is 34.6 Å². The van der Waals surface area contributed by atoms with Crippen molar-refractivity contribution in [3.8, 4) is 0 Å². The predicted molar refractivity (Wildman–Crippen MR) is 58.3 cm³/mol. The van der Waals surface area contributed by atoms with E-state index in [-0.39, 0.29) is 5.92 Å². The number of halogens is 2. The Morgan fingerprint density at radius 3 is 2.67 bits per heavy atom. The first-order valence-corrected chi connectivity index (χ1v) is 5.63. The van der Waals surface area contributed by atoms with Gasteiger partial charge < -0.3 is 5.11 Å². The molecule has 0 radical (unpaired) electrons. The number of hydrogen-bond donors (Lipinski definition) is 1.